The first-order valence-corrected chi connectivity index (χ1v) is 8.40. The van der Waals surface area contributed by atoms with Crippen LogP contribution in [0.3, 0.4) is 0 Å². The highest BCUT2D eigenvalue weighted by atomic mass is 16.2. The summed E-state index contributed by atoms with van der Waals surface area (Å²) in [5.74, 6) is -0.0944. The van der Waals surface area contributed by atoms with Crippen molar-refractivity contribution in [1.82, 2.24) is 0 Å². The van der Waals surface area contributed by atoms with Crippen molar-refractivity contribution in [2.24, 2.45) is 11.7 Å². The van der Waals surface area contributed by atoms with Crippen LogP contribution >= 0.6 is 0 Å². The zero-order valence-electron chi connectivity index (χ0n) is 13.6. The van der Waals surface area contributed by atoms with Gasteiger partial charge >= 0.3 is 0 Å². The molecule has 2 aromatic carbocycles. The molecule has 24 heavy (non-hydrogen) atoms. The van der Waals surface area contributed by atoms with Gasteiger partial charge in [0.15, 0.2) is 5.78 Å². The molecule has 0 saturated heterocycles. The minimum Gasteiger partial charge on any atom is -0.328 e. The lowest BCUT2D eigenvalue weighted by atomic mass is 9.85. The minimum atomic E-state index is -0.0496. The minimum absolute atomic E-state index is 0.00513. The van der Waals surface area contributed by atoms with Gasteiger partial charge in [-0.1, -0.05) is 48.9 Å². The van der Waals surface area contributed by atoms with Gasteiger partial charge in [0.1, 0.15) is 0 Å². The van der Waals surface area contributed by atoms with Gasteiger partial charge in [0.05, 0.1) is 0 Å². The van der Waals surface area contributed by atoms with Crippen LogP contribution in [0.4, 0.5) is 5.69 Å². The van der Waals surface area contributed by atoms with Crippen molar-refractivity contribution in [3.63, 3.8) is 0 Å². The number of benzene rings is 2. The van der Waals surface area contributed by atoms with Gasteiger partial charge in [-0.25, -0.2) is 0 Å². The fourth-order valence-corrected chi connectivity index (χ4v) is 3.20. The van der Waals surface area contributed by atoms with Crippen molar-refractivity contribution in [1.29, 1.82) is 0 Å². The SMILES string of the molecule is NC1CCCC(C(=O)Nc2cccc(C(=O)c3ccccc3)c2)C1. The second-order valence-electron chi connectivity index (χ2n) is 6.39. The highest BCUT2D eigenvalue weighted by Crippen LogP contribution is 2.25. The molecule has 0 spiro atoms. The number of ketones is 1. The van der Waals surface area contributed by atoms with E-state index < -0.39 is 0 Å². The summed E-state index contributed by atoms with van der Waals surface area (Å²) in [4.78, 5) is 24.9. The van der Waals surface area contributed by atoms with Crippen LogP contribution < -0.4 is 11.1 Å². The average molecular weight is 322 g/mol. The van der Waals surface area contributed by atoms with Crippen molar-refractivity contribution >= 4 is 17.4 Å². The third-order valence-electron chi connectivity index (χ3n) is 4.51. The zero-order chi connectivity index (χ0) is 16.9. The molecule has 4 heteroatoms. The van der Waals surface area contributed by atoms with E-state index in [2.05, 4.69) is 5.32 Å². The highest BCUT2D eigenvalue weighted by Gasteiger charge is 2.25. The van der Waals surface area contributed by atoms with Gasteiger partial charge in [-0.2, -0.15) is 0 Å². The maximum absolute atomic E-state index is 12.5. The number of anilines is 1. The van der Waals surface area contributed by atoms with Crippen LogP contribution in [-0.4, -0.2) is 17.7 Å². The van der Waals surface area contributed by atoms with Crippen LogP contribution in [0.5, 0.6) is 0 Å². The Kier molecular flexibility index (Phi) is 5.06. The number of hydrogen-bond donors (Lipinski definition) is 2. The quantitative estimate of drug-likeness (QED) is 0.848. The van der Waals surface area contributed by atoms with Gasteiger partial charge in [0.25, 0.3) is 0 Å². The number of rotatable bonds is 4. The van der Waals surface area contributed by atoms with Crippen molar-refractivity contribution in [3.8, 4) is 0 Å². The summed E-state index contributed by atoms with van der Waals surface area (Å²) in [5, 5.41) is 2.93. The summed E-state index contributed by atoms with van der Waals surface area (Å²) >= 11 is 0. The Morgan fingerprint density at radius 3 is 2.46 bits per heavy atom. The molecule has 1 amide bonds. The van der Waals surface area contributed by atoms with E-state index in [1.165, 1.54) is 0 Å². The number of hydrogen-bond acceptors (Lipinski definition) is 3. The molecule has 0 bridgehead atoms. The molecular formula is C20H22N2O2. The Bertz CT molecular complexity index is 727. The maximum atomic E-state index is 12.5. The van der Waals surface area contributed by atoms with Crippen LogP contribution in [0.2, 0.25) is 0 Å². The number of carbonyl (C=O) groups is 2. The molecule has 4 nitrogen and oxygen atoms in total. The van der Waals surface area contributed by atoms with E-state index in [-0.39, 0.29) is 23.7 Å². The van der Waals surface area contributed by atoms with Crippen LogP contribution in [0.15, 0.2) is 54.6 Å². The van der Waals surface area contributed by atoms with E-state index in [0.717, 1.165) is 25.7 Å². The predicted molar refractivity (Wildman–Crippen MR) is 94.9 cm³/mol. The van der Waals surface area contributed by atoms with Gasteiger partial charge in [0.2, 0.25) is 5.91 Å². The van der Waals surface area contributed by atoms with Crippen LogP contribution in [0.1, 0.15) is 41.6 Å². The van der Waals surface area contributed by atoms with Crippen molar-refractivity contribution in [2.75, 3.05) is 5.32 Å². The fourth-order valence-electron chi connectivity index (χ4n) is 3.20. The number of nitrogens with two attached hydrogens (primary N) is 1. The molecule has 2 aromatic rings. The molecule has 1 aliphatic rings. The van der Waals surface area contributed by atoms with Crippen LogP contribution in [0.25, 0.3) is 0 Å². The molecule has 2 unspecified atom stereocenters. The second kappa shape index (κ2) is 7.41. The number of amides is 1. The van der Waals surface area contributed by atoms with Crippen molar-refractivity contribution < 1.29 is 9.59 Å². The van der Waals surface area contributed by atoms with E-state index in [1.54, 1.807) is 30.3 Å². The standard InChI is InChI=1S/C20H22N2O2/c21-17-10-4-9-16(12-17)20(24)22-18-11-5-8-15(13-18)19(23)14-6-2-1-3-7-14/h1-3,5-8,11,13,16-17H,4,9-10,12,21H2,(H,22,24). The predicted octanol–water partition coefficient (Wildman–Crippen LogP) is 3.37. The summed E-state index contributed by atoms with van der Waals surface area (Å²) in [6.07, 6.45) is 3.59. The molecule has 0 aliphatic heterocycles. The third kappa shape index (κ3) is 3.89. The first-order chi connectivity index (χ1) is 11.6. The lowest BCUT2D eigenvalue weighted by Crippen LogP contribution is -2.34. The third-order valence-corrected chi connectivity index (χ3v) is 4.51. The Hall–Kier alpha value is -2.46. The van der Waals surface area contributed by atoms with Crippen molar-refractivity contribution in [2.45, 2.75) is 31.7 Å². The Labute approximate surface area is 142 Å². The summed E-state index contributed by atoms with van der Waals surface area (Å²) in [5.41, 5.74) is 7.82. The van der Waals surface area contributed by atoms with Gasteiger partial charge in [-0.05, 0) is 31.4 Å². The normalized spacial score (nSPS) is 20.4. The van der Waals surface area contributed by atoms with Crippen molar-refractivity contribution in [3.05, 3.63) is 65.7 Å². The smallest absolute Gasteiger partial charge is 0.227 e. The number of carbonyl (C=O) groups excluding carboxylic acids is 2. The van der Waals surface area contributed by atoms with Gasteiger partial charge in [-0.15, -0.1) is 0 Å². The molecule has 2 atom stereocenters. The first-order valence-electron chi connectivity index (χ1n) is 8.40. The summed E-state index contributed by atoms with van der Waals surface area (Å²) < 4.78 is 0. The summed E-state index contributed by atoms with van der Waals surface area (Å²) in [7, 11) is 0. The zero-order valence-corrected chi connectivity index (χ0v) is 13.6. The second-order valence-corrected chi connectivity index (χ2v) is 6.39. The van der Waals surface area contributed by atoms with Crippen LogP contribution in [-0.2, 0) is 4.79 Å². The highest BCUT2D eigenvalue weighted by molar-refractivity contribution is 6.09. The molecule has 124 valence electrons. The van der Waals surface area contributed by atoms with E-state index in [9.17, 15) is 9.59 Å². The van der Waals surface area contributed by atoms with E-state index >= 15 is 0 Å². The van der Waals surface area contributed by atoms with E-state index in [4.69, 9.17) is 5.73 Å². The Morgan fingerprint density at radius 1 is 0.958 bits per heavy atom. The maximum Gasteiger partial charge on any atom is 0.227 e. The monoisotopic (exact) mass is 322 g/mol. The van der Waals surface area contributed by atoms with E-state index in [0.29, 0.717) is 16.8 Å². The molecular weight excluding hydrogens is 300 g/mol. The van der Waals surface area contributed by atoms with Gasteiger partial charge < -0.3 is 11.1 Å². The largest absolute Gasteiger partial charge is 0.328 e. The average Bonchev–Trinajstić information content (AvgIpc) is 2.62. The first kappa shape index (κ1) is 16.4. The lowest BCUT2D eigenvalue weighted by Gasteiger charge is -2.25. The molecule has 0 heterocycles. The fraction of sp³-hybridized carbons (Fsp3) is 0.300. The van der Waals surface area contributed by atoms with Crippen LogP contribution in [0, 0.1) is 5.92 Å². The lowest BCUT2D eigenvalue weighted by molar-refractivity contribution is -0.120. The summed E-state index contributed by atoms with van der Waals surface area (Å²) in [6, 6.07) is 16.3. The molecule has 1 aliphatic carbocycles. The molecule has 3 rings (SSSR count). The Balaban J connectivity index is 1.71. The molecule has 0 aromatic heterocycles. The van der Waals surface area contributed by atoms with Gasteiger partial charge in [-0.3, -0.25) is 9.59 Å². The molecule has 1 fully saturated rings. The molecule has 1 saturated carbocycles. The molecule has 0 radical (unpaired) electrons. The molecule has 3 N–H and O–H groups in total. The van der Waals surface area contributed by atoms with E-state index in [1.807, 2.05) is 24.3 Å². The number of nitrogens with one attached hydrogen (secondary N) is 1. The van der Waals surface area contributed by atoms with Gasteiger partial charge in [0, 0.05) is 28.8 Å². The topological polar surface area (TPSA) is 72.2 Å². The Morgan fingerprint density at radius 2 is 1.71 bits per heavy atom. The summed E-state index contributed by atoms with van der Waals surface area (Å²) in [6.45, 7) is 0.